The molecule has 6 heteroatoms. The Bertz CT molecular complexity index is 744. The minimum atomic E-state index is -3.80. The van der Waals surface area contributed by atoms with E-state index in [1.54, 1.807) is 30.3 Å². The van der Waals surface area contributed by atoms with E-state index in [1.165, 1.54) is 12.1 Å². The molecule has 2 aromatic carbocycles. The maximum Gasteiger partial charge on any atom is 0.339 e. The van der Waals surface area contributed by atoms with Crippen LogP contribution in [0.25, 0.3) is 0 Å². The molecule has 1 aliphatic heterocycles. The van der Waals surface area contributed by atoms with Crippen molar-refractivity contribution in [3.05, 3.63) is 60.2 Å². The van der Waals surface area contributed by atoms with Crippen LogP contribution in [0.15, 0.2) is 59.5 Å². The highest BCUT2D eigenvalue weighted by Gasteiger charge is 2.20. The van der Waals surface area contributed by atoms with Crippen LogP contribution in [0.3, 0.4) is 0 Å². The first-order chi connectivity index (χ1) is 11.0. The largest absolute Gasteiger partial charge is 0.379 e. The van der Waals surface area contributed by atoms with Crippen molar-refractivity contribution < 1.29 is 17.3 Å². The van der Waals surface area contributed by atoms with Crippen molar-refractivity contribution in [2.24, 2.45) is 0 Å². The van der Waals surface area contributed by atoms with Gasteiger partial charge in [0.2, 0.25) is 0 Å². The SMILES string of the molecule is CN1CCO[C@H](c2ccc(OS(=O)(=O)c3ccccc3)cc2)C1. The number of rotatable bonds is 4. The Morgan fingerprint density at radius 2 is 1.78 bits per heavy atom. The maximum absolute atomic E-state index is 12.2. The van der Waals surface area contributed by atoms with Gasteiger partial charge in [0.15, 0.2) is 0 Å². The normalized spacial score (nSPS) is 19.4. The molecular weight excluding hydrogens is 314 g/mol. The zero-order valence-electron chi connectivity index (χ0n) is 12.9. The molecule has 0 N–H and O–H groups in total. The first-order valence-electron chi connectivity index (χ1n) is 7.44. The Kier molecular flexibility index (Phi) is 4.66. The van der Waals surface area contributed by atoms with Gasteiger partial charge in [0.05, 0.1) is 12.7 Å². The summed E-state index contributed by atoms with van der Waals surface area (Å²) in [5.41, 5.74) is 1.01. The highest BCUT2D eigenvalue weighted by molar-refractivity contribution is 7.87. The van der Waals surface area contributed by atoms with E-state index in [2.05, 4.69) is 11.9 Å². The molecule has 0 aromatic heterocycles. The van der Waals surface area contributed by atoms with Crippen molar-refractivity contribution in [2.45, 2.75) is 11.0 Å². The number of morpholine rings is 1. The van der Waals surface area contributed by atoms with Crippen LogP contribution in [0.5, 0.6) is 5.75 Å². The summed E-state index contributed by atoms with van der Waals surface area (Å²) in [6.45, 7) is 2.44. The highest BCUT2D eigenvalue weighted by atomic mass is 32.2. The van der Waals surface area contributed by atoms with Crippen LogP contribution in [0, 0.1) is 0 Å². The minimum Gasteiger partial charge on any atom is -0.379 e. The lowest BCUT2D eigenvalue weighted by Gasteiger charge is -2.30. The molecular formula is C17H19NO4S. The predicted octanol–water partition coefficient (Wildman–Crippen LogP) is 2.46. The lowest BCUT2D eigenvalue weighted by atomic mass is 10.1. The van der Waals surface area contributed by atoms with Gasteiger partial charge in [0, 0.05) is 13.1 Å². The van der Waals surface area contributed by atoms with Gasteiger partial charge >= 0.3 is 10.1 Å². The molecule has 0 bridgehead atoms. The van der Waals surface area contributed by atoms with Gasteiger partial charge in [-0.25, -0.2) is 0 Å². The zero-order valence-corrected chi connectivity index (χ0v) is 13.7. The highest BCUT2D eigenvalue weighted by Crippen LogP contribution is 2.25. The lowest BCUT2D eigenvalue weighted by molar-refractivity contribution is -0.0209. The van der Waals surface area contributed by atoms with Crippen molar-refractivity contribution in [3.63, 3.8) is 0 Å². The Hall–Kier alpha value is -1.89. The van der Waals surface area contributed by atoms with Gasteiger partial charge in [-0.3, -0.25) is 0 Å². The second kappa shape index (κ2) is 6.70. The van der Waals surface area contributed by atoms with Gasteiger partial charge in [-0.05, 0) is 36.9 Å². The van der Waals surface area contributed by atoms with E-state index < -0.39 is 10.1 Å². The number of likely N-dealkylation sites (N-methyl/N-ethyl adjacent to an activating group) is 1. The molecule has 23 heavy (non-hydrogen) atoms. The van der Waals surface area contributed by atoms with Crippen LogP contribution in [0.1, 0.15) is 11.7 Å². The van der Waals surface area contributed by atoms with Gasteiger partial charge in [-0.2, -0.15) is 8.42 Å². The standard InChI is InChI=1S/C17H19NO4S/c1-18-11-12-21-17(13-18)14-7-9-15(10-8-14)22-23(19,20)16-5-3-2-4-6-16/h2-10,17H,11-13H2,1H3/t17-/m0/s1. The summed E-state index contributed by atoms with van der Waals surface area (Å²) in [5.74, 6) is 0.293. The molecule has 1 fully saturated rings. The summed E-state index contributed by atoms with van der Waals surface area (Å²) in [5, 5.41) is 0. The second-order valence-electron chi connectivity index (χ2n) is 5.54. The third-order valence-corrected chi connectivity index (χ3v) is 5.02. The Labute approximate surface area is 136 Å². The number of nitrogens with zero attached hydrogens (tertiary/aromatic N) is 1. The molecule has 0 radical (unpaired) electrons. The van der Waals surface area contributed by atoms with Crippen molar-refractivity contribution in [1.82, 2.24) is 4.90 Å². The molecule has 2 aromatic rings. The van der Waals surface area contributed by atoms with Gasteiger partial charge < -0.3 is 13.8 Å². The van der Waals surface area contributed by atoms with Crippen molar-refractivity contribution in [1.29, 1.82) is 0 Å². The molecule has 0 amide bonds. The molecule has 1 heterocycles. The summed E-state index contributed by atoms with van der Waals surface area (Å²) in [6.07, 6.45) is 0.00790. The number of ether oxygens (including phenoxy) is 1. The molecule has 3 rings (SSSR count). The van der Waals surface area contributed by atoms with Gasteiger partial charge in [0.1, 0.15) is 10.6 Å². The fourth-order valence-corrected chi connectivity index (χ4v) is 3.43. The maximum atomic E-state index is 12.2. The van der Waals surface area contributed by atoms with E-state index in [4.69, 9.17) is 8.92 Å². The van der Waals surface area contributed by atoms with Crippen molar-refractivity contribution in [3.8, 4) is 5.75 Å². The molecule has 1 saturated heterocycles. The number of hydrogen-bond donors (Lipinski definition) is 0. The Morgan fingerprint density at radius 3 is 2.43 bits per heavy atom. The predicted molar refractivity (Wildman–Crippen MR) is 86.9 cm³/mol. The van der Waals surface area contributed by atoms with Crippen LogP contribution in [0.2, 0.25) is 0 Å². The summed E-state index contributed by atoms with van der Waals surface area (Å²) in [7, 11) is -1.74. The van der Waals surface area contributed by atoms with Gasteiger partial charge in [-0.1, -0.05) is 30.3 Å². The average Bonchev–Trinajstić information content (AvgIpc) is 2.56. The minimum absolute atomic E-state index is 0.00790. The summed E-state index contributed by atoms with van der Waals surface area (Å²) >= 11 is 0. The van der Waals surface area contributed by atoms with Crippen molar-refractivity contribution in [2.75, 3.05) is 26.7 Å². The summed E-state index contributed by atoms with van der Waals surface area (Å²) in [6, 6.07) is 15.1. The topological polar surface area (TPSA) is 55.8 Å². The first-order valence-corrected chi connectivity index (χ1v) is 8.85. The van der Waals surface area contributed by atoms with E-state index >= 15 is 0 Å². The zero-order chi connectivity index (χ0) is 16.3. The first kappa shape index (κ1) is 16.0. The van der Waals surface area contributed by atoms with Gasteiger partial charge in [-0.15, -0.1) is 0 Å². The molecule has 5 nitrogen and oxygen atoms in total. The van der Waals surface area contributed by atoms with E-state index in [0.717, 1.165) is 18.7 Å². The fourth-order valence-electron chi connectivity index (χ4n) is 2.48. The molecule has 1 aliphatic rings. The molecule has 1 atom stereocenters. The Balaban J connectivity index is 1.73. The van der Waals surface area contributed by atoms with Gasteiger partial charge in [0.25, 0.3) is 0 Å². The van der Waals surface area contributed by atoms with E-state index in [0.29, 0.717) is 12.4 Å². The summed E-state index contributed by atoms with van der Waals surface area (Å²) < 4.78 is 35.3. The van der Waals surface area contributed by atoms with E-state index in [-0.39, 0.29) is 11.0 Å². The number of benzene rings is 2. The Morgan fingerprint density at radius 1 is 1.09 bits per heavy atom. The van der Waals surface area contributed by atoms with Crippen LogP contribution in [-0.2, 0) is 14.9 Å². The third kappa shape index (κ3) is 3.90. The second-order valence-corrected chi connectivity index (χ2v) is 7.09. The summed E-state index contributed by atoms with van der Waals surface area (Å²) in [4.78, 5) is 2.35. The van der Waals surface area contributed by atoms with E-state index in [1.807, 2.05) is 12.1 Å². The van der Waals surface area contributed by atoms with Crippen LogP contribution in [0.4, 0.5) is 0 Å². The van der Waals surface area contributed by atoms with Crippen LogP contribution in [-0.4, -0.2) is 40.1 Å². The lowest BCUT2D eigenvalue weighted by Crippen LogP contribution is -2.35. The smallest absolute Gasteiger partial charge is 0.339 e. The molecule has 0 unspecified atom stereocenters. The quantitative estimate of drug-likeness (QED) is 0.805. The molecule has 0 spiro atoms. The third-order valence-electron chi connectivity index (χ3n) is 3.76. The van der Waals surface area contributed by atoms with Crippen LogP contribution < -0.4 is 4.18 Å². The monoisotopic (exact) mass is 333 g/mol. The molecule has 0 aliphatic carbocycles. The molecule has 122 valence electrons. The average molecular weight is 333 g/mol. The fraction of sp³-hybridized carbons (Fsp3) is 0.294. The van der Waals surface area contributed by atoms with E-state index in [9.17, 15) is 8.42 Å². The van der Waals surface area contributed by atoms with Crippen LogP contribution >= 0.6 is 0 Å². The number of hydrogen-bond acceptors (Lipinski definition) is 5. The van der Waals surface area contributed by atoms with Crippen molar-refractivity contribution >= 4 is 10.1 Å². The molecule has 0 saturated carbocycles.